The molecule has 0 saturated carbocycles. The predicted molar refractivity (Wildman–Crippen MR) is 110 cm³/mol. The third kappa shape index (κ3) is 2.82. The molecule has 0 spiro atoms. The second-order valence-corrected chi connectivity index (χ2v) is 7.40. The fourth-order valence-electron chi connectivity index (χ4n) is 3.25. The summed E-state index contributed by atoms with van der Waals surface area (Å²) < 4.78 is 2.85. The summed E-state index contributed by atoms with van der Waals surface area (Å²) in [5.74, 6) is 0.665. The van der Waals surface area contributed by atoms with Gasteiger partial charge in [0.1, 0.15) is 10.8 Å². The highest BCUT2D eigenvalue weighted by atomic mass is 32.1. The Labute approximate surface area is 159 Å². The minimum atomic E-state index is -0.0429. The van der Waals surface area contributed by atoms with Gasteiger partial charge < -0.3 is 0 Å². The predicted octanol–water partition coefficient (Wildman–Crippen LogP) is 4.72. The van der Waals surface area contributed by atoms with Crippen LogP contribution in [0, 0.1) is 0 Å². The molecule has 27 heavy (non-hydrogen) atoms. The van der Waals surface area contributed by atoms with Crippen LogP contribution in [-0.4, -0.2) is 14.5 Å². The molecule has 4 nitrogen and oxygen atoms in total. The van der Waals surface area contributed by atoms with E-state index in [9.17, 15) is 4.79 Å². The van der Waals surface area contributed by atoms with E-state index in [4.69, 9.17) is 9.97 Å². The molecule has 0 N–H and O–H groups in total. The Balaban J connectivity index is 1.74. The van der Waals surface area contributed by atoms with Crippen LogP contribution in [0.1, 0.15) is 5.01 Å². The summed E-state index contributed by atoms with van der Waals surface area (Å²) in [5, 5.41) is 1.52. The van der Waals surface area contributed by atoms with E-state index in [0.717, 1.165) is 20.8 Å². The van der Waals surface area contributed by atoms with E-state index >= 15 is 0 Å². The SMILES string of the molecule is O=c1c2ccccc2nc(-c2ccccc2)n1Cc1nc2ccccc2s1. The molecule has 5 rings (SSSR count). The fraction of sp³-hybridized carbons (Fsp3) is 0.0455. The second kappa shape index (κ2) is 6.45. The molecule has 5 aromatic rings. The largest absolute Gasteiger partial charge is 0.285 e. The third-order valence-corrected chi connectivity index (χ3v) is 5.55. The van der Waals surface area contributed by atoms with Crippen molar-refractivity contribution in [3.8, 4) is 11.4 Å². The molecule has 130 valence electrons. The highest BCUT2D eigenvalue weighted by Gasteiger charge is 2.14. The molecule has 0 bridgehead atoms. The van der Waals surface area contributed by atoms with Crippen LogP contribution in [0.3, 0.4) is 0 Å². The quantitative estimate of drug-likeness (QED) is 0.462. The van der Waals surface area contributed by atoms with Crippen molar-refractivity contribution < 1.29 is 0 Å². The van der Waals surface area contributed by atoms with Gasteiger partial charge in [0.25, 0.3) is 5.56 Å². The Morgan fingerprint density at radius 2 is 1.48 bits per heavy atom. The first-order valence-electron chi connectivity index (χ1n) is 8.69. The minimum Gasteiger partial charge on any atom is -0.285 e. The van der Waals surface area contributed by atoms with Gasteiger partial charge in [-0.1, -0.05) is 54.6 Å². The van der Waals surface area contributed by atoms with Crippen molar-refractivity contribution in [3.05, 3.63) is 94.2 Å². The van der Waals surface area contributed by atoms with E-state index in [1.54, 1.807) is 15.9 Å². The van der Waals surface area contributed by atoms with Crippen molar-refractivity contribution in [3.63, 3.8) is 0 Å². The topological polar surface area (TPSA) is 47.8 Å². The van der Waals surface area contributed by atoms with Crippen molar-refractivity contribution >= 4 is 32.5 Å². The van der Waals surface area contributed by atoms with Gasteiger partial charge >= 0.3 is 0 Å². The summed E-state index contributed by atoms with van der Waals surface area (Å²) in [7, 11) is 0. The number of rotatable bonds is 3. The smallest absolute Gasteiger partial charge is 0.262 e. The van der Waals surface area contributed by atoms with Gasteiger partial charge in [-0.15, -0.1) is 11.3 Å². The van der Waals surface area contributed by atoms with Crippen molar-refractivity contribution in [1.29, 1.82) is 0 Å². The van der Waals surface area contributed by atoms with Crippen molar-refractivity contribution in [2.75, 3.05) is 0 Å². The first-order valence-corrected chi connectivity index (χ1v) is 9.51. The number of hydrogen-bond acceptors (Lipinski definition) is 4. The number of thiazole rings is 1. The van der Waals surface area contributed by atoms with E-state index in [-0.39, 0.29) is 5.56 Å². The lowest BCUT2D eigenvalue weighted by atomic mass is 10.2. The van der Waals surface area contributed by atoms with E-state index in [2.05, 4.69) is 6.07 Å². The van der Waals surface area contributed by atoms with E-state index in [0.29, 0.717) is 23.3 Å². The van der Waals surface area contributed by atoms with Crippen molar-refractivity contribution in [1.82, 2.24) is 14.5 Å². The standard InChI is InChI=1S/C22H15N3OS/c26-22-16-10-4-5-11-17(16)24-21(15-8-2-1-3-9-15)25(22)14-20-23-18-12-6-7-13-19(18)27-20/h1-13H,14H2. The van der Waals surface area contributed by atoms with Gasteiger partial charge in [-0.3, -0.25) is 9.36 Å². The van der Waals surface area contributed by atoms with Gasteiger partial charge in [0, 0.05) is 5.56 Å². The molecule has 0 unspecified atom stereocenters. The van der Waals surface area contributed by atoms with Crippen LogP contribution in [0.15, 0.2) is 83.7 Å². The summed E-state index contributed by atoms with van der Waals surface area (Å²) >= 11 is 1.61. The molecule has 5 heteroatoms. The summed E-state index contributed by atoms with van der Waals surface area (Å²) in [4.78, 5) is 22.7. The van der Waals surface area contributed by atoms with Gasteiger partial charge in [-0.2, -0.15) is 0 Å². The van der Waals surface area contributed by atoms with Gasteiger partial charge in [0.15, 0.2) is 0 Å². The molecule has 0 aliphatic carbocycles. The minimum absolute atomic E-state index is 0.0429. The number of aromatic nitrogens is 3. The molecule has 0 fully saturated rings. The van der Waals surface area contributed by atoms with Gasteiger partial charge in [-0.25, -0.2) is 9.97 Å². The fourth-order valence-corrected chi connectivity index (χ4v) is 4.20. The summed E-state index contributed by atoms with van der Waals surface area (Å²) in [6, 6.07) is 25.3. The first kappa shape index (κ1) is 15.9. The van der Waals surface area contributed by atoms with E-state index in [1.165, 1.54) is 0 Å². The summed E-state index contributed by atoms with van der Waals surface area (Å²) in [6.45, 7) is 0.403. The van der Waals surface area contributed by atoms with Crippen LogP contribution in [0.2, 0.25) is 0 Å². The highest BCUT2D eigenvalue weighted by molar-refractivity contribution is 7.18. The Kier molecular flexibility index (Phi) is 3.80. The molecule has 0 amide bonds. The van der Waals surface area contributed by atoms with Crippen LogP contribution < -0.4 is 5.56 Å². The lowest BCUT2D eigenvalue weighted by Crippen LogP contribution is -2.24. The lowest BCUT2D eigenvalue weighted by molar-refractivity contribution is 0.756. The number of benzene rings is 3. The molecule has 0 aliphatic rings. The molecular formula is C22H15N3OS. The van der Waals surface area contributed by atoms with Crippen LogP contribution >= 0.6 is 11.3 Å². The maximum Gasteiger partial charge on any atom is 0.262 e. The zero-order chi connectivity index (χ0) is 18.2. The molecule has 2 aromatic heterocycles. The average molecular weight is 369 g/mol. The maximum atomic E-state index is 13.2. The van der Waals surface area contributed by atoms with E-state index < -0.39 is 0 Å². The maximum absolute atomic E-state index is 13.2. The molecule has 0 saturated heterocycles. The zero-order valence-electron chi connectivity index (χ0n) is 14.4. The summed E-state index contributed by atoms with van der Waals surface area (Å²) in [6.07, 6.45) is 0. The number of para-hydroxylation sites is 2. The molecule has 0 radical (unpaired) electrons. The van der Waals surface area contributed by atoms with Crippen LogP contribution in [0.4, 0.5) is 0 Å². The molecular weight excluding hydrogens is 354 g/mol. The summed E-state index contributed by atoms with van der Waals surface area (Å²) in [5.41, 5.74) is 2.54. The monoisotopic (exact) mass is 369 g/mol. The van der Waals surface area contributed by atoms with Crippen LogP contribution in [0.25, 0.3) is 32.5 Å². The lowest BCUT2D eigenvalue weighted by Gasteiger charge is -2.12. The Bertz CT molecular complexity index is 1290. The first-order chi connectivity index (χ1) is 13.3. The molecule has 3 aromatic carbocycles. The second-order valence-electron chi connectivity index (χ2n) is 6.29. The van der Waals surface area contributed by atoms with Crippen LogP contribution in [0.5, 0.6) is 0 Å². The molecule has 2 heterocycles. The van der Waals surface area contributed by atoms with Gasteiger partial charge in [0.2, 0.25) is 0 Å². The third-order valence-electron chi connectivity index (χ3n) is 4.53. The Morgan fingerprint density at radius 1 is 0.778 bits per heavy atom. The molecule has 0 aliphatic heterocycles. The van der Waals surface area contributed by atoms with Gasteiger partial charge in [-0.05, 0) is 24.3 Å². The van der Waals surface area contributed by atoms with E-state index in [1.807, 2.05) is 72.8 Å². The zero-order valence-corrected chi connectivity index (χ0v) is 15.2. The Hall–Kier alpha value is -3.31. The number of hydrogen-bond donors (Lipinski definition) is 0. The normalized spacial score (nSPS) is 11.3. The van der Waals surface area contributed by atoms with Gasteiger partial charge in [0.05, 0.1) is 27.7 Å². The van der Waals surface area contributed by atoms with Crippen molar-refractivity contribution in [2.24, 2.45) is 0 Å². The highest BCUT2D eigenvalue weighted by Crippen LogP contribution is 2.24. The number of fused-ring (bicyclic) bond motifs is 2. The average Bonchev–Trinajstić information content (AvgIpc) is 3.13. The number of nitrogens with zero attached hydrogens (tertiary/aromatic N) is 3. The molecule has 0 atom stereocenters. The Morgan fingerprint density at radius 3 is 2.30 bits per heavy atom. The van der Waals surface area contributed by atoms with Crippen molar-refractivity contribution in [2.45, 2.75) is 6.54 Å². The van der Waals surface area contributed by atoms with Crippen LogP contribution in [-0.2, 0) is 6.54 Å².